The summed E-state index contributed by atoms with van der Waals surface area (Å²) in [7, 11) is 5.51. The summed E-state index contributed by atoms with van der Waals surface area (Å²) < 4.78 is 1.53. The van der Waals surface area contributed by atoms with E-state index in [1.165, 1.54) is 4.57 Å². The Hall–Kier alpha value is -1.65. The van der Waals surface area contributed by atoms with Gasteiger partial charge in [0.05, 0.1) is 12.0 Å². The smallest absolute Gasteiger partial charge is 0.258 e. The first-order valence-electron chi connectivity index (χ1n) is 5.89. The largest absolute Gasteiger partial charge is 0.369 e. The molecule has 1 aliphatic rings. The molecule has 17 heavy (non-hydrogen) atoms. The van der Waals surface area contributed by atoms with Crippen molar-refractivity contribution < 1.29 is 0 Å². The van der Waals surface area contributed by atoms with Crippen LogP contribution < -0.4 is 5.56 Å². The average Bonchev–Trinajstić information content (AvgIpc) is 2.32. The predicted octanol–water partition coefficient (Wildman–Crippen LogP) is 0.880. The molecule has 1 heterocycles. The molecule has 0 aliphatic heterocycles. The predicted molar refractivity (Wildman–Crippen MR) is 68.0 cm³/mol. The van der Waals surface area contributed by atoms with E-state index < -0.39 is 0 Å². The molecule has 0 N–H and O–H groups in total. The van der Waals surface area contributed by atoms with Crippen molar-refractivity contribution >= 4 is 12.3 Å². The van der Waals surface area contributed by atoms with Gasteiger partial charge in [-0.25, -0.2) is 9.98 Å². The zero-order valence-corrected chi connectivity index (χ0v) is 10.6. The van der Waals surface area contributed by atoms with Crippen LogP contribution >= 0.6 is 0 Å². The monoisotopic (exact) mass is 234 g/mol. The van der Waals surface area contributed by atoms with Crippen LogP contribution in [0.3, 0.4) is 0 Å². The van der Waals surface area contributed by atoms with Crippen molar-refractivity contribution in [2.75, 3.05) is 14.1 Å². The average molecular weight is 234 g/mol. The number of nitrogens with zero attached hydrogens (tertiary/aromatic N) is 4. The lowest BCUT2D eigenvalue weighted by Gasteiger charge is -2.16. The lowest BCUT2D eigenvalue weighted by Crippen LogP contribution is -2.26. The van der Waals surface area contributed by atoms with Crippen LogP contribution in [0.2, 0.25) is 0 Å². The van der Waals surface area contributed by atoms with Crippen molar-refractivity contribution in [1.29, 1.82) is 0 Å². The second kappa shape index (κ2) is 4.69. The summed E-state index contributed by atoms with van der Waals surface area (Å²) in [6.07, 6.45) is 5.62. The molecule has 0 unspecified atom stereocenters. The van der Waals surface area contributed by atoms with Gasteiger partial charge in [0.25, 0.3) is 5.56 Å². The first-order chi connectivity index (χ1) is 8.09. The molecule has 5 nitrogen and oxygen atoms in total. The molecule has 0 aromatic carbocycles. The Labute approximate surface area is 101 Å². The maximum absolute atomic E-state index is 12.1. The van der Waals surface area contributed by atoms with Gasteiger partial charge in [-0.15, -0.1) is 0 Å². The van der Waals surface area contributed by atoms with E-state index in [1.54, 1.807) is 13.4 Å². The number of rotatable bonds is 2. The molecule has 0 saturated heterocycles. The molecule has 1 aliphatic carbocycles. The summed E-state index contributed by atoms with van der Waals surface area (Å²) in [5.41, 5.74) is 1.87. The number of fused-ring (bicyclic) bond motifs is 1. The Morgan fingerprint density at radius 2 is 2.06 bits per heavy atom. The van der Waals surface area contributed by atoms with E-state index in [0.29, 0.717) is 5.95 Å². The Morgan fingerprint density at radius 1 is 1.35 bits per heavy atom. The van der Waals surface area contributed by atoms with E-state index in [2.05, 4.69) is 9.98 Å². The van der Waals surface area contributed by atoms with Crippen molar-refractivity contribution in [3.8, 4) is 0 Å². The molecule has 2 rings (SSSR count). The number of aliphatic imine (C=N–C) groups is 1. The Kier molecular flexibility index (Phi) is 3.26. The molecule has 1 aromatic rings. The number of hydrogen-bond donors (Lipinski definition) is 0. The maximum atomic E-state index is 12.1. The summed E-state index contributed by atoms with van der Waals surface area (Å²) in [5.74, 6) is 0.490. The Balaban J connectivity index is 2.48. The highest BCUT2D eigenvalue weighted by molar-refractivity contribution is 5.57. The highest BCUT2D eigenvalue weighted by atomic mass is 16.1. The third kappa shape index (κ3) is 2.38. The molecular formula is C12H18N4O. The van der Waals surface area contributed by atoms with Crippen LogP contribution in [-0.4, -0.2) is 34.9 Å². The third-order valence-electron chi connectivity index (χ3n) is 2.94. The first-order valence-corrected chi connectivity index (χ1v) is 5.89. The molecule has 0 bridgehead atoms. The summed E-state index contributed by atoms with van der Waals surface area (Å²) in [6, 6.07) is 0. The van der Waals surface area contributed by atoms with Gasteiger partial charge in [0.2, 0.25) is 5.95 Å². The zero-order valence-electron chi connectivity index (χ0n) is 10.6. The molecule has 5 heteroatoms. The standard InChI is InChI=1S/C12H18N4O/c1-15(2)8-13-12-14-10-7-5-4-6-9(10)11(17)16(12)3/h8H,4-7H2,1-3H3. The van der Waals surface area contributed by atoms with Gasteiger partial charge in [-0.3, -0.25) is 9.36 Å². The van der Waals surface area contributed by atoms with Crippen LogP contribution in [0.25, 0.3) is 0 Å². The van der Waals surface area contributed by atoms with Crippen LogP contribution in [0.15, 0.2) is 9.79 Å². The van der Waals surface area contributed by atoms with Crippen molar-refractivity contribution in [2.24, 2.45) is 12.0 Å². The van der Waals surface area contributed by atoms with Gasteiger partial charge in [-0.1, -0.05) is 0 Å². The van der Waals surface area contributed by atoms with E-state index in [1.807, 2.05) is 19.0 Å². The number of aromatic nitrogens is 2. The second-order valence-corrected chi connectivity index (χ2v) is 4.62. The van der Waals surface area contributed by atoms with E-state index in [9.17, 15) is 4.79 Å². The van der Waals surface area contributed by atoms with Crippen LogP contribution in [0.1, 0.15) is 24.1 Å². The topological polar surface area (TPSA) is 50.5 Å². The minimum Gasteiger partial charge on any atom is -0.369 e. The van der Waals surface area contributed by atoms with Gasteiger partial charge >= 0.3 is 0 Å². The fourth-order valence-corrected chi connectivity index (χ4v) is 2.01. The van der Waals surface area contributed by atoms with Gasteiger partial charge in [-0.2, -0.15) is 0 Å². The van der Waals surface area contributed by atoms with Crippen LogP contribution in [0.4, 0.5) is 5.95 Å². The van der Waals surface area contributed by atoms with E-state index in [0.717, 1.165) is 36.9 Å². The van der Waals surface area contributed by atoms with Crippen molar-refractivity contribution in [3.05, 3.63) is 21.6 Å². The molecular weight excluding hydrogens is 216 g/mol. The van der Waals surface area contributed by atoms with Gasteiger partial charge < -0.3 is 4.90 Å². The van der Waals surface area contributed by atoms with Crippen molar-refractivity contribution in [1.82, 2.24) is 14.5 Å². The number of aryl methyl sites for hydroxylation is 1. The van der Waals surface area contributed by atoms with Gasteiger partial charge in [0, 0.05) is 26.7 Å². The van der Waals surface area contributed by atoms with E-state index in [4.69, 9.17) is 0 Å². The van der Waals surface area contributed by atoms with Gasteiger partial charge in [0.1, 0.15) is 0 Å². The van der Waals surface area contributed by atoms with Gasteiger partial charge in [0.15, 0.2) is 0 Å². The van der Waals surface area contributed by atoms with Crippen molar-refractivity contribution in [2.45, 2.75) is 25.7 Å². The Morgan fingerprint density at radius 3 is 2.76 bits per heavy atom. The SMILES string of the molecule is CN(C)C=Nc1nc2c(c(=O)n1C)CCCC2. The highest BCUT2D eigenvalue weighted by Crippen LogP contribution is 2.18. The lowest BCUT2D eigenvalue weighted by molar-refractivity contribution is 0.630. The molecule has 92 valence electrons. The second-order valence-electron chi connectivity index (χ2n) is 4.62. The maximum Gasteiger partial charge on any atom is 0.258 e. The molecule has 1 aromatic heterocycles. The van der Waals surface area contributed by atoms with Gasteiger partial charge in [-0.05, 0) is 25.7 Å². The normalized spacial score (nSPS) is 15.0. The minimum atomic E-state index is 0.0561. The highest BCUT2D eigenvalue weighted by Gasteiger charge is 2.17. The molecule has 0 saturated carbocycles. The molecule has 0 radical (unpaired) electrons. The summed E-state index contributed by atoms with van der Waals surface area (Å²) in [4.78, 5) is 22.7. The fourth-order valence-electron chi connectivity index (χ4n) is 2.01. The van der Waals surface area contributed by atoms with Crippen LogP contribution in [-0.2, 0) is 19.9 Å². The summed E-state index contributed by atoms with van der Waals surface area (Å²) in [6.45, 7) is 0. The molecule has 0 amide bonds. The van der Waals surface area contributed by atoms with E-state index >= 15 is 0 Å². The Bertz CT molecular complexity index is 502. The molecule has 0 spiro atoms. The van der Waals surface area contributed by atoms with Crippen LogP contribution in [0.5, 0.6) is 0 Å². The number of hydrogen-bond acceptors (Lipinski definition) is 3. The lowest BCUT2D eigenvalue weighted by atomic mass is 9.97. The molecule has 0 atom stereocenters. The zero-order chi connectivity index (χ0) is 12.4. The first kappa shape index (κ1) is 11.8. The van der Waals surface area contributed by atoms with Crippen molar-refractivity contribution in [3.63, 3.8) is 0 Å². The fraction of sp³-hybridized carbons (Fsp3) is 0.583. The quantitative estimate of drug-likeness (QED) is 0.564. The van der Waals surface area contributed by atoms with E-state index in [-0.39, 0.29) is 5.56 Å². The third-order valence-corrected chi connectivity index (χ3v) is 2.94. The van der Waals surface area contributed by atoms with Crippen LogP contribution in [0, 0.1) is 0 Å². The summed E-state index contributed by atoms with van der Waals surface area (Å²) in [5, 5.41) is 0. The molecule has 0 fully saturated rings. The minimum absolute atomic E-state index is 0.0561. The summed E-state index contributed by atoms with van der Waals surface area (Å²) >= 11 is 0.